The summed E-state index contributed by atoms with van der Waals surface area (Å²) >= 11 is 0. The number of para-hydroxylation sites is 1. The van der Waals surface area contributed by atoms with Gasteiger partial charge in [-0.2, -0.15) is 5.10 Å². The van der Waals surface area contributed by atoms with Crippen LogP contribution in [-0.2, 0) is 12.8 Å². The number of hydrogen-bond donors (Lipinski definition) is 1. The Morgan fingerprint density at radius 2 is 1.83 bits per heavy atom. The molecule has 0 atom stereocenters. The number of rotatable bonds is 1. The largest absolute Gasteiger partial charge is 0.285 e. The molecular formula is C19H14N4. The first-order valence-corrected chi connectivity index (χ1v) is 7.75. The van der Waals surface area contributed by atoms with Crippen LogP contribution in [0.25, 0.3) is 33.4 Å². The van der Waals surface area contributed by atoms with E-state index in [2.05, 4.69) is 38.4 Å². The fourth-order valence-electron chi connectivity index (χ4n) is 3.28. The molecule has 110 valence electrons. The van der Waals surface area contributed by atoms with Gasteiger partial charge in [0.1, 0.15) is 0 Å². The van der Waals surface area contributed by atoms with Gasteiger partial charge >= 0.3 is 0 Å². The van der Waals surface area contributed by atoms with E-state index >= 15 is 0 Å². The van der Waals surface area contributed by atoms with Crippen LogP contribution in [0.15, 0.2) is 55.0 Å². The van der Waals surface area contributed by atoms with E-state index in [9.17, 15) is 0 Å². The van der Waals surface area contributed by atoms with Crippen LogP contribution in [0.5, 0.6) is 0 Å². The van der Waals surface area contributed by atoms with Crippen LogP contribution in [0, 0.1) is 0 Å². The van der Waals surface area contributed by atoms with E-state index in [-0.39, 0.29) is 0 Å². The fourth-order valence-corrected chi connectivity index (χ4v) is 3.28. The summed E-state index contributed by atoms with van der Waals surface area (Å²) < 4.78 is 0. The Hall–Kier alpha value is -3.01. The van der Waals surface area contributed by atoms with E-state index in [1.165, 1.54) is 16.7 Å². The van der Waals surface area contributed by atoms with Gasteiger partial charge in [-0.3, -0.25) is 15.1 Å². The zero-order chi connectivity index (χ0) is 15.2. The summed E-state index contributed by atoms with van der Waals surface area (Å²) in [4.78, 5) is 9.19. The number of aryl methyl sites for hydroxylation is 2. The van der Waals surface area contributed by atoms with E-state index in [1.807, 2.05) is 36.8 Å². The molecule has 1 N–H and O–H groups in total. The van der Waals surface area contributed by atoms with Gasteiger partial charge in [0.15, 0.2) is 0 Å². The summed E-state index contributed by atoms with van der Waals surface area (Å²) in [6.45, 7) is 0. The lowest BCUT2D eigenvalue weighted by atomic mass is 9.91. The quantitative estimate of drug-likeness (QED) is 0.582. The normalized spacial score (nSPS) is 12.9. The number of pyridine rings is 2. The first-order chi connectivity index (χ1) is 11.4. The lowest BCUT2D eigenvalue weighted by molar-refractivity contribution is 0.932. The molecule has 0 aliphatic heterocycles. The smallest absolute Gasteiger partial charge is 0.0956 e. The van der Waals surface area contributed by atoms with E-state index in [4.69, 9.17) is 0 Å². The molecule has 1 aliphatic rings. The Morgan fingerprint density at radius 3 is 2.83 bits per heavy atom. The Balaban J connectivity index is 1.68. The minimum Gasteiger partial charge on any atom is -0.285 e. The van der Waals surface area contributed by atoms with Crippen molar-refractivity contribution >= 4 is 10.9 Å². The number of fused-ring (bicyclic) bond motifs is 4. The predicted octanol–water partition coefficient (Wildman–Crippen LogP) is 3.79. The van der Waals surface area contributed by atoms with Crippen LogP contribution < -0.4 is 0 Å². The van der Waals surface area contributed by atoms with E-state index in [0.717, 1.165) is 40.7 Å². The molecule has 0 fully saturated rings. The second kappa shape index (κ2) is 4.74. The molecule has 1 aliphatic carbocycles. The molecule has 4 aromatic rings. The summed E-state index contributed by atoms with van der Waals surface area (Å²) in [7, 11) is 0. The van der Waals surface area contributed by atoms with Gasteiger partial charge in [0.05, 0.1) is 16.9 Å². The third-order valence-corrected chi connectivity index (χ3v) is 4.51. The van der Waals surface area contributed by atoms with Crippen molar-refractivity contribution < 1.29 is 0 Å². The van der Waals surface area contributed by atoms with Crippen LogP contribution in [0.3, 0.4) is 0 Å². The molecule has 0 bridgehead atoms. The average molecular weight is 298 g/mol. The third kappa shape index (κ3) is 1.95. The Labute approximate surface area is 133 Å². The van der Waals surface area contributed by atoms with Crippen LogP contribution in [0.4, 0.5) is 0 Å². The minimum atomic E-state index is 0.942. The van der Waals surface area contributed by atoms with Crippen molar-refractivity contribution in [2.45, 2.75) is 12.8 Å². The van der Waals surface area contributed by atoms with Gasteiger partial charge in [-0.1, -0.05) is 18.2 Å². The van der Waals surface area contributed by atoms with Crippen molar-refractivity contribution in [1.29, 1.82) is 0 Å². The van der Waals surface area contributed by atoms with Gasteiger partial charge in [-0.25, -0.2) is 0 Å². The zero-order valence-corrected chi connectivity index (χ0v) is 12.5. The van der Waals surface area contributed by atoms with Crippen molar-refractivity contribution in [2.24, 2.45) is 0 Å². The Morgan fingerprint density at radius 1 is 0.913 bits per heavy atom. The van der Waals surface area contributed by atoms with Crippen LogP contribution in [0.1, 0.15) is 11.1 Å². The second-order valence-electron chi connectivity index (χ2n) is 5.90. The van der Waals surface area contributed by atoms with Gasteiger partial charge in [-0.15, -0.1) is 0 Å². The minimum absolute atomic E-state index is 0.942. The maximum absolute atomic E-state index is 4.65. The molecule has 0 amide bonds. The predicted molar refractivity (Wildman–Crippen MR) is 90.0 cm³/mol. The maximum atomic E-state index is 4.65. The highest BCUT2D eigenvalue weighted by molar-refractivity contribution is 5.83. The van der Waals surface area contributed by atoms with Crippen molar-refractivity contribution in [1.82, 2.24) is 20.2 Å². The molecule has 0 saturated heterocycles. The summed E-state index contributed by atoms with van der Waals surface area (Å²) in [5.74, 6) is 0. The van der Waals surface area contributed by atoms with E-state index in [1.54, 1.807) is 0 Å². The maximum Gasteiger partial charge on any atom is 0.0956 e. The van der Waals surface area contributed by atoms with Crippen molar-refractivity contribution in [3.8, 4) is 22.5 Å². The van der Waals surface area contributed by atoms with Crippen LogP contribution >= 0.6 is 0 Å². The standard InChI is InChI=1S/C19H14N4/c1-2-4-17-12(3-1)7-15(10-20-17)18-8-16-13(9-21-18)5-6-14-11-22-23-19(14)16/h1-4,7-11H,5-6H2,(H,22,23). The highest BCUT2D eigenvalue weighted by atomic mass is 15.1. The van der Waals surface area contributed by atoms with Gasteiger partial charge in [0, 0.05) is 35.1 Å². The monoisotopic (exact) mass is 298 g/mol. The van der Waals surface area contributed by atoms with Gasteiger partial charge in [-0.05, 0) is 42.2 Å². The molecule has 0 saturated carbocycles. The molecule has 3 heterocycles. The molecule has 4 nitrogen and oxygen atoms in total. The molecule has 23 heavy (non-hydrogen) atoms. The summed E-state index contributed by atoms with van der Waals surface area (Å²) in [5.41, 5.74) is 7.78. The average Bonchev–Trinajstić information content (AvgIpc) is 3.10. The SMILES string of the molecule is c1ccc2ncc(-c3cc4c(cn3)CCc3c[nH]nc3-4)cc2c1. The van der Waals surface area contributed by atoms with E-state index < -0.39 is 0 Å². The number of nitrogens with one attached hydrogen (secondary N) is 1. The molecule has 0 spiro atoms. The van der Waals surface area contributed by atoms with E-state index in [0.29, 0.717) is 0 Å². The second-order valence-corrected chi connectivity index (χ2v) is 5.90. The molecule has 0 radical (unpaired) electrons. The number of nitrogens with zero attached hydrogens (tertiary/aromatic N) is 3. The first kappa shape index (κ1) is 12.5. The molecule has 4 heteroatoms. The lowest BCUT2D eigenvalue weighted by Gasteiger charge is -2.15. The van der Waals surface area contributed by atoms with Gasteiger partial charge in [0.2, 0.25) is 0 Å². The number of benzene rings is 1. The zero-order valence-electron chi connectivity index (χ0n) is 12.5. The Bertz CT molecular complexity index is 1030. The van der Waals surface area contributed by atoms with Gasteiger partial charge < -0.3 is 0 Å². The highest BCUT2D eigenvalue weighted by Crippen LogP contribution is 2.33. The highest BCUT2D eigenvalue weighted by Gasteiger charge is 2.19. The number of hydrogen-bond acceptors (Lipinski definition) is 3. The van der Waals surface area contributed by atoms with Crippen LogP contribution in [-0.4, -0.2) is 20.2 Å². The molecule has 0 unspecified atom stereocenters. The summed E-state index contributed by atoms with van der Waals surface area (Å²) in [6, 6.07) is 12.4. The third-order valence-electron chi connectivity index (χ3n) is 4.51. The number of aromatic nitrogens is 4. The Kier molecular flexibility index (Phi) is 2.58. The fraction of sp³-hybridized carbons (Fsp3) is 0.105. The van der Waals surface area contributed by atoms with Crippen molar-refractivity contribution in [3.05, 3.63) is 66.1 Å². The van der Waals surface area contributed by atoms with Gasteiger partial charge in [0.25, 0.3) is 0 Å². The number of H-pyrrole nitrogens is 1. The number of aromatic amines is 1. The summed E-state index contributed by atoms with van der Waals surface area (Å²) in [5, 5.41) is 8.53. The van der Waals surface area contributed by atoms with Crippen molar-refractivity contribution in [2.75, 3.05) is 0 Å². The lowest BCUT2D eigenvalue weighted by Crippen LogP contribution is -2.04. The molecule has 3 aromatic heterocycles. The topological polar surface area (TPSA) is 54.5 Å². The molecular weight excluding hydrogens is 284 g/mol. The molecule has 1 aromatic carbocycles. The first-order valence-electron chi connectivity index (χ1n) is 7.75. The van der Waals surface area contributed by atoms with Crippen LogP contribution in [0.2, 0.25) is 0 Å². The molecule has 5 rings (SSSR count). The summed E-state index contributed by atoms with van der Waals surface area (Å²) in [6.07, 6.45) is 7.92. The van der Waals surface area contributed by atoms with Crippen molar-refractivity contribution in [3.63, 3.8) is 0 Å².